The number of sulfonamides is 1. The molecule has 1 aliphatic rings. The van der Waals surface area contributed by atoms with E-state index in [2.05, 4.69) is 5.32 Å². The summed E-state index contributed by atoms with van der Waals surface area (Å²) in [5.41, 5.74) is 0. The Hall–Kier alpha value is 0.120. The zero-order valence-electron chi connectivity index (χ0n) is 9.97. The van der Waals surface area contributed by atoms with E-state index in [0.29, 0.717) is 6.54 Å². The van der Waals surface area contributed by atoms with E-state index >= 15 is 0 Å². The predicted molar refractivity (Wildman–Crippen MR) is 66.5 cm³/mol. The van der Waals surface area contributed by atoms with Gasteiger partial charge in [-0.2, -0.15) is 4.31 Å². The van der Waals surface area contributed by atoms with Crippen molar-refractivity contribution in [1.29, 1.82) is 0 Å². The number of methoxy groups -OCH3 is 1. The topological polar surface area (TPSA) is 58.6 Å². The standard InChI is InChI=1S/C9H20N2O3S.ClH/c1-8-6-10-4-5-11(8)15(12,13)9(2)7-14-3;/h8-10H,4-7H2,1-3H3;1H/t8-,9?;/m1./s1. The van der Waals surface area contributed by atoms with Crippen LogP contribution < -0.4 is 5.32 Å². The smallest absolute Gasteiger partial charge is 0.219 e. The highest BCUT2D eigenvalue weighted by atomic mass is 35.5. The van der Waals surface area contributed by atoms with Crippen LogP contribution in [0.25, 0.3) is 0 Å². The zero-order chi connectivity index (χ0) is 11.5. The fraction of sp³-hybridized carbons (Fsp3) is 1.00. The number of ether oxygens (including phenoxy) is 1. The van der Waals surface area contributed by atoms with Gasteiger partial charge in [0, 0.05) is 32.8 Å². The Labute approximate surface area is 104 Å². The van der Waals surface area contributed by atoms with Gasteiger partial charge in [-0.1, -0.05) is 0 Å². The van der Waals surface area contributed by atoms with E-state index in [-0.39, 0.29) is 25.1 Å². The molecule has 16 heavy (non-hydrogen) atoms. The van der Waals surface area contributed by atoms with Gasteiger partial charge in [-0.3, -0.25) is 0 Å². The van der Waals surface area contributed by atoms with Crippen molar-refractivity contribution in [2.75, 3.05) is 33.4 Å². The lowest BCUT2D eigenvalue weighted by Crippen LogP contribution is -2.54. The normalized spacial score (nSPS) is 24.8. The monoisotopic (exact) mass is 272 g/mol. The van der Waals surface area contributed by atoms with Crippen LogP contribution in [-0.2, 0) is 14.8 Å². The van der Waals surface area contributed by atoms with Crippen molar-refractivity contribution in [2.45, 2.75) is 25.1 Å². The van der Waals surface area contributed by atoms with Crippen LogP contribution in [0.4, 0.5) is 0 Å². The first-order chi connectivity index (χ1) is 7.00. The first-order valence-corrected chi connectivity index (χ1v) is 6.70. The Bertz CT molecular complexity index is 297. The SMILES string of the molecule is COCC(C)S(=O)(=O)N1CCNC[C@H]1C.Cl. The molecule has 0 radical (unpaired) electrons. The van der Waals surface area contributed by atoms with Gasteiger partial charge in [0.05, 0.1) is 11.9 Å². The van der Waals surface area contributed by atoms with Gasteiger partial charge < -0.3 is 10.1 Å². The van der Waals surface area contributed by atoms with E-state index in [1.165, 1.54) is 7.11 Å². The number of rotatable bonds is 4. The van der Waals surface area contributed by atoms with Crippen LogP contribution >= 0.6 is 12.4 Å². The zero-order valence-corrected chi connectivity index (χ0v) is 11.6. The van der Waals surface area contributed by atoms with E-state index in [4.69, 9.17) is 4.74 Å². The van der Waals surface area contributed by atoms with Crippen LogP contribution in [0.2, 0.25) is 0 Å². The number of hydrogen-bond donors (Lipinski definition) is 1. The summed E-state index contributed by atoms with van der Waals surface area (Å²) in [6.45, 7) is 5.86. The van der Waals surface area contributed by atoms with Crippen molar-refractivity contribution >= 4 is 22.4 Å². The first kappa shape index (κ1) is 16.1. The minimum absolute atomic E-state index is 0. The van der Waals surface area contributed by atoms with Crippen LogP contribution in [0.5, 0.6) is 0 Å². The largest absolute Gasteiger partial charge is 0.383 e. The summed E-state index contributed by atoms with van der Waals surface area (Å²) >= 11 is 0. The molecule has 98 valence electrons. The van der Waals surface area contributed by atoms with Gasteiger partial charge in [0.25, 0.3) is 0 Å². The molecule has 0 spiro atoms. The molecule has 1 heterocycles. The number of hydrogen-bond acceptors (Lipinski definition) is 4. The second-order valence-corrected chi connectivity index (χ2v) is 6.28. The van der Waals surface area contributed by atoms with Gasteiger partial charge in [-0.25, -0.2) is 8.42 Å². The quantitative estimate of drug-likeness (QED) is 0.787. The third-order valence-electron chi connectivity index (χ3n) is 2.68. The van der Waals surface area contributed by atoms with E-state index in [1.54, 1.807) is 11.2 Å². The molecule has 2 atom stereocenters. The predicted octanol–water partition coefficient (Wildman–Crippen LogP) is 0.0666. The molecule has 7 heteroatoms. The lowest BCUT2D eigenvalue weighted by Gasteiger charge is -2.34. The molecule has 1 saturated heterocycles. The van der Waals surface area contributed by atoms with Crippen LogP contribution in [0.1, 0.15) is 13.8 Å². The third kappa shape index (κ3) is 3.56. The maximum atomic E-state index is 12.1. The maximum absolute atomic E-state index is 12.1. The van der Waals surface area contributed by atoms with E-state index in [1.807, 2.05) is 6.92 Å². The van der Waals surface area contributed by atoms with Crippen molar-refractivity contribution in [3.63, 3.8) is 0 Å². The molecule has 0 bridgehead atoms. The molecule has 1 fully saturated rings. The van der Waals surface area contributed by atoms with Crippen molar-refractivity contribution in [2.24, 2.45) is 0 Å². The van der Waals surface area contributed by atoms with Gasteiger partial charge in [-0.05, 0) is 13.8 Å². The molecule has 1 aliphatic heterocycles. The Kier molecular flexibility index (Phi) is 6.81. The number of nitrogens with one attached hydrogen (secondary N) is 1. The average molecular weight is 273 g/mol. The molecular weight excluding hydrogens is 252 g/mol. The minimum atomic E-state index is -3.21. The van der Waals surface area contributed by atoms with E-state index in [9.17, 15) is 8.42 Å². The summed E-state index contributed by atoms with van der Waals surface area (Å²) in [4.78, 5) is 0. The van der Waals surface area contributed by atoms with Crippen LogP contribution in [-0.4, -0.2) is 57.4 Å². The van der Waals surface area contributed by atoms with E-state index < -0.39 is 15.3 Å². The van der Waals surface area contributed by atoms with Crippen LogP contribution in [0, 0.1) is 0 Å². The van der Waals surface area contributed by atoms with Gasteiger partial charge in [0.15, 0.2) is 0 Å². The van der Waals surface area contributed by atoms with Crippen LogP contribution in [0.15, 0.2) is 0 Å². The lowest BCUT2D eigenvalue weighted by atomic mass is 10.3. The summed E-state index contributed by atoms with van der Waals surface area (Å²) in [5.74, 6) is 0. The summed E-state index contributed by atoms with van der Waals surface area (Å²) < 4.78 is 30.7. The number of piperazine rings is 1. The lowest BCUT2D eigenvalue weighted by molar-refractivity contribution is 0.195. The molecule has 0 aromatic rings. The van der Waals surface area contributed by atoms with Crippen molar-refractivity contribution in [3.8, 4) is 0 Å². The molecule has 0 saturated carbocycles. The second kappa shape index (κ2) is 6.76. The van der Waals surface area contributed by atoms with Gasteiger partial charge >= 0.3 is 0 Å². The Morgan fingerprint density at radius 2 is 2.19 bits per heavy atom. The summed E-state index contributed by atoms with van der Waals surface area (Å²) in [6.07, 6.45) is 0. The number of nitrogens with zero attached hydrogens (tertiary/aromatic N) is 1. The minimum Gasteiger partial charge on any atom is -0.383 e. The molecule has 0 aromatic carbocycles. The number of halogens is 1. The summed E-state index contributed by atoms with van der Waals surface area (Å²) in [7, 11) is -1.68. The molecule has 0 aromatic heterocycles. The second-order valence-electron chi connectivity index (χ2n) is 3.97. The fourth-order valence-electron chi connectivity index (χ4n) is 1.75. The maximum Gasteiger partial charge on any atom is 0.219 e. The fourth-order valence-corrected chi connectivity index (χ4v) is 3.44. The highest BCUT2D eigenvalue weighted by Gasteiger charge is 2.33. The van der Waals surface area contributed by atoms with Gasteiger partial charge in [-0.15, -0.1) is 12.4 Å². The molecule has 5 nitrogen and oxygen atoms in total. The molecular formula is C9H21ClN2O3S. The van der Waals surface area contributed by atoms with E-state index in [0.717, 1.165) is 13.1 Å². The first-order valence-electron chi connectivity index (χ1n) is 5.20. The van der Waals surface area contributed by atoms with Gasteiger partial charge in [0.2, 0.25) is 10.0 Å². The molecule has 1 N–H and O–H groups in total. The van der Waals surface area contributed by atoms with Crippen molar-refractivity contribution in [1.82, 2.24) is 9.62 Å². The highest BCUT2D eigenvalue weighted by Crippen LogP contribution is 2.14. The van der Waals surface area contributed by atoms with Gasteiger partial charge in [0.1, 0.15) is 0 Å². The average Bonchev–Trinajstić information content (AvgIpc) is 2.18. The summed E-state index contributed by atoms with van der Waals surface area (Å²) in [6, 6.07) is 0.0306. The molecule has 1 unspecified atom stereocenters. The Morgan fingerprint density at radius 3 is 2.69 bits per heavy atom. The summed E-state index contributed by atoms with van der Waals surface area (Å²) in [5, 5.41) is 2.70. The Morgan fingerprint density at radius 1 is 1.56 bits per heavy atom. The van der Waals surface area contributed by atoms with Crippen molar-refractivity contribution < 1.29 is 13.2 Å². The Balaban J connectivity index is 0.00000225. The van der Waals surface area contributed by atoms with Crippen molar-refractivity contribution in [3.05, 3.63) is 0 Å². The molecule has 1 rings (SSSR count). The molecule has 0 amide bonds. The highest BCUT2D eigenvalue weighted by molar-refractivity contribution is 7.89. The van der Waals surface area contributed by atoms with Crippen LogP contribution in [0.3, 0.4) is 0 Å². The third-order valence-corrected chi connectivity index (χ3v) is 5.03. The molecule has 0 aliphatic carbocycles.